The first-order chi connectivity index (χ1) is 11.3. The number of carbonyl (C=O) groups is 1. The molecule has 0 radical (unpaired) electrons. The van der Waals surface area contributed by atoms with Crippen molar-refractivity contribution in [2.75, 3.05) is 6.61 Å². The van der Waals surface area contributed by atoms with Gasteiger partial charge in [0.2, 0.25) is 0 Å². The molecule has 1 aromatic carbocycles. The zero-order valence-electron chi connectivity index (χ0n) is 13.3. The van der Waals surface area contributed by atoms with Crippen molar-refractivity contribution in [3.63, 3.8) is 0 Å². The molecule has 4 rings (SSSR count). The lowest BCUT2D eigenvalue weighted by atomic mass is 9.96. The molecule has 1 aromatic rings. The number of hydrogen-bond acceptors (Lipinski definition) is 3. The molecule has 1 saturated carbocycles. The van der Waals surface area contributed by atoms with Crippen LogP contribution < -0.4 is 15.4 Å². The lowest BCUT2D eigenvalue weighted by Gasteiger charge is -2.20. The van der Waals surface area contributed by atoms with E-state index in [4.69, 9.17) is 9.47 Å². The van der Waals surface area contributed by atoms with Crippen molar-refractivity contribution in [1.29, 1.82) is 0 Å². The number of urea groups is 1. The number of para-hydroxylation sites is 1. The third kappa shape index (κ3) is 3.61. The second kappa shape index (κ2) is 6.40. The van der Waals surface area contributed by atoms with Crippen LogP contribution in [0.2, 0.25) is 0 Å². The number of carbonyl (C=O) groups excluding carboxylic acids is 1. The Morgan fingerprint density at radius 1 is 1.22 bits per heavy atom. The highest BCUT2D eigenvalue weighted by Crippen LogP contribution is 2.34. The van der Waals surface area contributed by atoms with Crippen molar-refractivity contribution in [3.8, 4) is 5.75 Å². The van der Waals surface area contributed by atoms with Gasteiger partial charge >= 0.3 is 6.03 Å². The van der Waals surface area contributed by atoms with Crippen molar-refractivity contribution in [2.24, 2.45) is 5.92 Å². The standard InChI is InChI=1S/C18H24N2O3/c21-18(20-15-9-14-7-8-17(15)23-14)19-10-13-3-1-2-4-16(13)22-11-12-5-6-12/h1-4,12,14-15,17H,5-11H2,(H2,19,20,21)/t14-,15+,17-/m1/s1. The van der Waals surface area contributed by atoms with E-state index in [9.17, 15) is 4.79 Å². The minimum atomic E-state index is -0.122. The quantitative estimate of drug-likeness (QED) is 0.848. The van der Waals surface area contributed by atoms with E-state index in [1.165, 1.54) is 12.8 Å². The molecule has 3 atom stereocenters. The number of fused-ring (bicyclic) bond motifs is 2. The summed E-state index contributed by atoms with van der Waals surface area (Å²) in [4.78, 5) is 12.1. The zero-order chi connectivity index (χ0) is 15.6. The largest absolute Gasteiger partial charge is 0.493 e. The molecule has 2 amide bonds. The number of hydrogen-bond donors (Lipinski definition) is 2. The fraction of sp³-hybridized carbons (Fsp3) is 0.611. The van der Waals surface area contributed by atoms with Gasteiger partial charge in [0.15, 0.2) is 0 Å². The van der Waals surface area contributed by atoms with E-state index >= 15 is 0 Å². The molecule has 2 aliphatic heterocycles. The Morgan fingerprint density at radius 2 is 2.09 bits per heavy atom. The summed E-state index contributed by atoms with van der Waals surface area (Å²) in [5.74, 6) is 1.60. The predicted molar refractivity (Wildman–Crippen MR) is 86.3 cm³/mol. The third-order valence-electron chi connectivity index (χ3n) is 5.01. The summed E-state index contributed by atoms with van der Waals surface area (Å²) in [6, 6.07) is 7.96. The summed E-state index contributed by atoms with van der Waals surface area (Å²) in [6.45, 7) is 1.26. The van der Waals surface area contributed by atoms with Gasteiger partial charge in [0.05, 0.1) is 24.9 Å². The van der Waals surface area contributed by atoms with Crippen LogP contribution in [0, 0.1) is 5.92 Å². The molecule has 3 fully saturated rings. The molecule has 5 heteroatoms. The smallest absolute Gasteiger partial charge is 0.315 e. The molecule has 124 valence electrons. The first-order valence-corrected chi connectivity index (χ1v) is 8.68. The van der Waals surface area contributed by atoms with Gasteiger partial charge in [-0.15, -0.1) is 0 Å². The molecule has 2 bridgehead atoms. The van der Waals surface area contributed by atoms with Crippen LogP contribution in [-0.4, -0.2) is 30.9 Å². The van der Waals surface area contributed by atoms with Crippen molar-refractivity contribution in [2.45, 2.75) is 56.9 Å². The fourth-order valence-corrected chi connectivity index (χ4v) is 3.47. The minimum absolute atomic E-state index is 0.122. The predicted octanol–water partition coefficient (Wildman–Crippen LogP) is 2.59. The molecule has 5 nitrogen and oxygen atoms in total. The van der Waals surface area contributed by atoms with Gasteiger partial charge in [0, 0.05) is 12.1 Å². The Kier molecular flexibility index (Phi) is 4.12. The summed E-state index contributed by atoms with van der Waals surface area (Å²) in [7, 11) is 0. The van der Waals surface area contributed by atoms with Crippen molar-refractivity contribution in [1.82, 2.24) is 10.6 Å². The van der Waals surface area contributed by atoms with Crippen LogP contribution >= 0.6 is 0 Å². The third-order valence-corrected chi connectivity index (χ3v) is 5.01. The number of nitrogens with one attached hydrogen (secondary N) is 2. The van der Waals surface area contributed by atoms with Crippen molar-refractivity contribution >= 4 is 6.03 Å². The van der Waals surface area contributed by atoms with E-state index < -0.39 is 0 Å². The first kappa shape index (κ1) is 14.8. The van der Waals surface area contributed by atoms with Gasteiger partial charge in [-0.2, -0.15) is 0 Å². The number of benzene rings is 1. The SMILES string of the molecule is O=C(NCc1ccccc1OCC1CC1)N[C@H]1C[C@H]2CC[C@H]1O2. The number of ether oxygens (including phenoxy) is 2. The maximum atomic E-state index is 12.1. The van der Waals surface area contributed by atoms with Crippen LogP contribution in [0.15, 0.2) is 24.3 Å². The van der Waals surface area contributed by atoms with E-state index in [-0.39, 0.29) is 18.2 Å². The molecule has 0 aromatic heterocycles. The molecular weight excluding hydrogens is 292 g/mol. The Hall–Kier alpha value is -1.75. The summed E-state index contributed by atoms with van der Waals surface area (Å²) < 4.78 is 11.6. The topological polar surface area (TPSA) is 59.6 Å². The molecule has 2 heterocycles. The van der Waals surface area contributed by atoms with E-state index in [1.54, 1.807) is 0 Å². The second-order valence-corrected chi connectivity index (χ2v) is 6.91. The fourth-order valence-electron chi connectivity index (χ4n) is 3.47. The summed E-state index contributed by atoms with van der Waals surface area (Å²) >= 11 is 0. The molecule has 0 unspecified atom stereocenters. The van der Waals surface area contributed by atoms with Crippen LogP contribution in [-0.2, 0) is 11.3 Å². The number of amides is 2. The van der Waals surface area contributed by atoms with Crippen LogP contribution in [0.25, 0.3) is 0 Å². The lowest BCUT2D eigenvalue weighted by Crippen LogP contribution is -2.46. The van der Waals surface area contributed by atoms with Crippen LogP contribution in [0.3, 0.4) is 0 Å². The average Bonchev–Trinajstić information content (AvgIpc) is 3.17. The van der Waals surface area contributed by atoms with Crippen LogP contribution in [0.5, 0.6) is 5.75 Å². The van der Waals surface area contributed by atoms with Crippen LogP contribution in [0.1, 0.15) is 37.7 Å². The molecule has 2 saturated heterocycles. The van der Waals surface area contributed by atoms with E-state index in [1.807, 2.05) is 24.3 Å². The molecule has 0 spiro atoms. The van der Waals surface area contributed by atoms with Crippen molar-refractivity contribution < 1.29 is 14.3 Å². The van der Waals surface area contributed by atoms with Gasteiger partial charge in [-0.1, -0.05) is 18.2 Å². The maximum absolute atomic E-state index is 12.1. The van der Waals surface area contributed by atoms with Gasteiger partial charge in [0.25, 0.3) is 0 Å². The summed E-state index contributed by atoms with van der Waals surface area (Å²) in [5, 5.41) is 5.99. The highest BCUT2D eigenvalue weighted by Gasteiger charge is 2.41. The van der Waals surface area contributed by atoms with E-state index in [0.717, 1.165) is 43.1 Å². The Bertz CT molecular complexity index is 573. The van der Waals surface area contributed by atoms with Gasteiger partial charge in [-0.3, -0.25) is 0 Å². The van der Waals surface area contributed by atoms with Gasteiger partial charge in [-0.25, -0.2) is 4.79 Å². The molecule has 23 heavy (non-hydrogen) atoms. The van der Waals surface area contributed by atoms with Crippen LogP contribution in [0.4, 0.5) is 4.79 Å². The van der Waals surface area contributed by atoms with Crippen molar-refractivity contribution in [3.05, 3.63) is 29.8 Å². The molecule has 2 N–H and O–H groups in total. The van der Waals surface area contributed by atoms with E-state index in [2.05, 4.69) is 10.6 Å². The lowest BCUT2D eigenvalue weighted by molar-refractivity contribution is 0.0981. The first-order valence-electron chi connectivity index (χ1n) is 8.68. The summed E-state index contributed by atoms with van der Waals surface area (Å²) in [6.07, 6.45) is 6.24. The Morgan fingerprint density at radius 3 is 2.83 bits per heavy atom. The Balaban J connectivity index is 1.27. The molecule has 3 aliphatic rings. The van der Waals surface area contributed by atoms with Gasteiger partial charge in [-0.05, 0) is 44.1 Å². The number of rotatable bonds is 6. The average molecular weight is 316 g/mol. The monoisotopic (exact) mass is 316 g/mol. The van der Waals surface area contributed by atoms with Gasteiger partial charge in [0.1, 0.15) is 5.75 Å². The maximum Gasteiger partial charge on any atom is 0.315 e. The normalized spacial score (nSPS) is 28.6. The molecular formula is C18H24N2O3. The Labute approximate surface area is 136 Å². The highest BCUT2D eigenvalue weighted by molar-refractivity contribution is 5.74. The second-order valence-electron chi connectivity index (χ2n) is 6.91. The summed E-state index contributed by atoms with van der Waals surface area (Å²) in [5.41, 5.74) is 1.02. The zero-order valence-corrected chi connectivity index (χ0v) is 13.3. The van der Waals surface area contributed by atoms with Gasteiger partial charge < -0.3 is 20.1 Å². The highest BCUT2D eigenvalue weighted by atomic mass is 16.5. The molecule has 1 aliphatic carbocycles. The van der Waals surface area contributed by atoms with E-state index in [0.29, 0.717) is 12.6 Å². The minimum Gasteiger partial charge on any atom is -0.493 e.